The molecule has 3 aromatic rings. The Kier molecular flexibility index (Phi) is 9.69. The van der Waals surface area contributed by atoms with Gasteiger partial charge in [-0.3, -0.25) is 0 Å². The number of unbranched alkanes of at least 4 members (excludes halogenated alkanes) is 1. The van der Waals surface area contributed by atoms with E-state index >= 15 is 0 Å². The molecule has 1 atom stereocenters. The van der Waals surface area contributed by atoms with E-state index in [2.05, 4.69) is 86.9 Å². The Balaban J connectivity index is 0.000000614. The molecule has 0 spiro atoms. The van der Waals surface area contributed by atoms with Gasteiger partial charge in [-0.05, 0) is 48.1 Å². The number of rotatable bonds is 8. The summed E-state index contributed by atoms with van der Waals surface area (Å²) in [6, 6.07) is 23.2. The number of quaternary nitrogens is 1. The van der Waals surface area contributed by atoms with Gasteiger partial charge in [0.05, 0.1) is 17.2 Å². The lowest BCUT2D eigenvalue weighted by Crippen LogP contribution is -2.81. The standard InChI is InChI=1S/C25H31N.CH4O3S/c1-4-5-10-20-14-15-21(24-13-7-6-12-23(20)24)16-17-25(26-3)22-11-8-9-19(2)18-22;1-5(2,3)4/h6-9,11-15,18,25-26H,4-5,10,16-17H2,1-3H3;1H3,(H,2,3,4). The smallest absolute Gasteiger partial charge is 0.112 e. The first-order valence-corrected chi connectivity index (χ1v) is 12.8. The van der Waals surface area contributed by atoms with Crippen LogP contribution in [0, 0.1) is 6.92 Å². The van der Waals surface area contributed by atoms with Gasteiger partial charge in [-0.2, -0.15) is 0 Å². The molecular formula is C26H35NO3S. The van der Waals surface area contributed by atoms with Crippen LogP contribution in [0.5, 0.6) is 0 Å². The largest absolute Gasteiger partial charge is 0.748 e. The molecule has 168 valence electrons. The second kappa shape index (κ2) is 12.0. The van der Waals surface area contributed by atoms with Crippen LogP contribution in [0.1, 0.15) is 54.5 Å². The molecule has 2 N–H and O–H groups in total. The van der Waals surface area contributed by atoms with Crippen molar-refractivity contribution in [2.24, 2.45) is 0 Å². The summed E-state index contributed by atoms with van der Waals surface area (Å²) < 4.78 is 27.2. The summed E-state index contributed by atoms with van der Waals surface area (Å²) >= 11 is 0. The van der Waals surface area contributed by atoms with Crippen LogP contribution in [0.15, 0.2) is 60.7 Å². The van der Waals surface area contributed by atoms with Crippen molar-refractivity contribution in [2.75, 3.05) is 13.3 Å². The molecular weight excluding hydrogens is 406 g/mol. The summed E-state index contributed by atoms with van der Waals surface area (Å²) in [6.07, 6.45) is 6.60. The van der Waals surface area contributed by atoms with E-state index in [1.54, 1.807) is 0 Å². The van der Waals surface area contributed by atoms with E-state index in [0.717, 1.165) is 12.8 Å². The number of benzene rings is 3. The fraction of sp³-hybridized carbons (Fsp3) is 0.385. The molecule has 3 aromatic carbocycles. The van der Waals surface area contributed by atoms with E-state index < -0.39 is 10.1 Å². The number of hydrogen-bond acceptors (Lipinski definition) is 3. The highest BCUT2D eigenvalue weighted by Gasteiger charge is 2.14. The van der Waals surface area contributed by atoms with Crippen LogP contribution in [0.3, 0.4) is 0 Å². The van der Waals surface area contributed by atoms with Gasteiger partial charge < -0.3 is 9.87 Å². The summed E-state index contributed by atoms with van der Waals surface area (Å²) in [4.78, 5) is 0. The minimum atomic E-state index is -3.92. The summed E-state index contributed by atoms with van der Waals surface area (Å²) in [5, 5.41) is 5.25. The maximum atomic E-state index is 9.08. The zero-order valence-corrected chi connectivity index (χ0v) is 19.9. The van der Waals surface area contributed by atoms with Crippen molar-refractivity contribution in [1.29, 1.82) is 0 Å². The number of nitrogens with two attached hydrogens (primary N) is 1. The van der Waals surface area contributed by atoms with Crippen LogP contribution in [0.4, 0.5) is 0 Å². The molecule has 0 heterocycles. The lowest BCUT2D eigenvalue weighted by molar-refractivity contribution is -0.671. The lowest BCUT2D eigenvalue weighted by Gasteiger charge is -2.16. The fourth-order valence-corrected chi connectivity index (χ4v) is 3.96. The minimum absolute atomic E-state index is 0.522. The number of hydrogen-bond donors (Lipinski definition) is 1. The van der Waals surface area contributed by atoms with E-state index in [1.165, 1.54) is 52.3 Å². The molecule has 0 radical (unpaired) electrons. The van der Waals surface area contributed by atoms with Gasteiger partial charge in [0.2, 0.25) is 0 Å². The molecule has 1 unspecified atom stereocenters. The van der Waals surface area contributed by atoms with Crippen molar-refractivity contribution in [3.63, 3.8) is 0 Å². The van der Waals surface area contributed by atoms with Crippen molar-refractivity contribution >= 4 is 20.9 Å². The Hall–Kier alpha value is -2.21. The normalized spacial score (nSPS) is 12.3. The molecule has 31 heavy (non-hydrogen) atoms. The van der Waals surface area contributed by atoms with Gasteiger partial charge in [0.15, 0.2) is 0 Å². The third kappa shape index (κ3) is 8.44. The molecule has 0 aliphatic heterocycles. The molecule has 4 nitrogen and oxygen atoms in total. The summed E-state index contributed by atoms with van der Waals surface area (Å²) in [6.45, 7) is 4.45. The molecule has 0 aliphatic carbocycles. The maximum absolute atomic E-state index is 9.08. The van der Waals surface area contributed by atoms with Crippen LogP contribution in [0.25, 0.3) is 10.8 Å². The molecule has 0 bridgehead atoms. The summed E-state index contributed by atoms with van der Waals surface area (Å²) in [5.41, 5.74) is 5.78. The van der Waals surface area contributed by atoms with E-state index in [4.69, 9.17) is 13.0 Å². The first kappa shape index (κ1) is 25.1. The third-order valence-corrected chi connectivity index (χ3v) is 5.50. The maximum Gasteiger partial charge on any atom is 0.112 e. The third-order valence-electron chi connectivity index (χ3n) is 5.50. The van der Waals surface area contributed by atoms with Crippen molar-refractivity contribution in [3.05, 3.63) is 82.9 Å². The highest BCUT2D eigenvalue weighted by atomic mass is 32.2. The second-order valence-corrected chi connectivity index (χ2v) is 9.54. The molecule has 0 amide bonds. The molecule has 5 heteroatoms. The predicted molar refractivity (Wildman–Crippen MR) is 128 cm³/mol. The Bertz CT molecular complexity index is 1070. The Morgan fingerprint density at radius 2 is 1.52 bits per heavy atom. The van der Waals surface area contributed by atoms with Gasteiger partial charge in [0, 0.05) is 18.2 Å². The Morgan fingerprint density at radius 3 is 2.03 bits per heavy atom. The van der Waals surface area contributed by atoms with E-state index in [0.29, 0.717) is 12.3 Å². The fourth-order valence-electron chi connectivity index (χ4n) is 3.96. The van der Waals surface area contributed by atoms with Gasteiger partial charge in [-0.15, -0.1) is 0 Å². The van der Waals surface area contributed by atoms with Crippen LogP contribution in [0.2, 0.25) is 0 Å². The highest BCUT2D eigenvalue weighted by Crippen LogP contribution is 2.26. The van der Waals surface area contributed by atoms with Gasteiger partial charge in [-0.1, -0.05) is 79.6 Å². The monoisotopic (exact) mass is 441 g/mol. The van der Waals surface area contributed by atoms with Gasteiger partial charge in [-0.25, -0.2) is 8.42 Å². The zero-order valence-electron chi connectivity index (χ0n) is 19.1. The lowest BCUT2D eigenvalue weighted by atomic mass is 9.92. The second-order valence-electron chi connectivity index (χ2n) is 8.13. The molecule has 0 saturated heterocycles. The molecule has 3 rings (SSSR count). The van der Waals surface area contributed by atoms with Crippen molar-refractivity contribution < 1.29 is 18.3 Å². The Morgan fingerprint density at radius 1 is 0.935 bits per heavy atom. The molecule has 0 aromatic heterocycles. The Labute approximate surface area is 187 Å². The molecule has 0 aliphatic rings. The van der Waals surface area contributed by atoms with Gasteiger partial charge in [0.1, 0.15) is 6.04 Å². The van der Waals surface area contributed by atoms with Crippen molar-refractivity contribution in [2.45, 2.75) is 52.0 Å². The van der Waals surface area contributed by atoms with Gasteiger partial charge >= 0.3 is 0 Å². The van der Waals surface area contributed by atoms with Crippen molar-refractivity contribution in [3.8, 4) is 0 Å². The van der Waals surface area contributed by atoms with Crippen LogP contribution in [-0.4, -0.2) is 26.3 Å². The molecule has 0 fully saturated rings. The minimum Gasteiger partial charge on any atom is -0.748 e. The van der Waals surface area contributed by atoms with E-state index in [1.807, 2.05) is 0 Å². The summed E-state index contributed by atoms with van der Waals surface area (Å²) in [7, 11) is -1.72. The topological polar surface area (TPSA) is 73.8 Å². The molecule has 0 saturated carbocycles. The zero-order chi connectivity index (χ0) is 22.9. The predicted octanol–water partition coefficient (Wildman–Crippen LogP) is 4.52. The van der Waals surface area contributed by atoms with Crippen LogP contribution in [-0.2, 0) is 23.0 Å². The van der Waals surface area contributed by atoms with Crippen LogP contribution >= 0.6 is 0 Å². The first-order valence-electron chi connectivity index (χ1n) is 11.0. The number of aryl methyl sites for hydroxylation is 3. The average Bonchev–Trinajstić information content (AvgIpc) is 2.72. The van der Waals surface area contributed by atoms with Crippen LogP contribution < -0.4 is 5.32 Å². The van der Waals surface area contributed by atoms with E-state index in [9.17, 15) is 0 Å². The highest BCUT2D eigenvalue weighted by molar-refractivity contribution is 7.84. The quantitative estimate of drug-likeness (QED) is 0.522. The average molecular weight is 442 g/mol. The summed E-state index contributed by atoms with van der Waals surface area (Å²) in [5.74, 6) is 0. The van der Waals surface area contributed by atoms with Gasteiger partial charge in [0.25, 0.3) is 0 Å². The SMILES string of the molecule is CCCCc1ccc(CCC([NH2+]C)c2cccc(C)c2)c2ccccc12.CS(=O)(=O)[O-]. The van der Waals surface area contributed by atoms with E-state index in [-0.39, 0.29) is 0 Å². The first-order chi connectivity index (χ1) is 14.7. The number of fused-ring (bicyclic) bond motifs is 1. The van der Waals surface area contributed by atoms with Crippen molar-refractivity contribution in [1.82, 2.24) is 0 Å².